The standard InChI is InChI=1S/C24H23Cl2NO3S.C22H19Cl2N3O2S/c1-15-7-9-20(10-8-15)31(29,30)27-24-12-17(3)16(2)11-18(24)13-19(28)14-21-22(25)5-4-6-23(21)26;1-13-7-9-16(10-8-13)30(28,29)27-20-12-15(3)14(2)11-19(20)25-22(27)26-21-17(23)5-4-6-18(21)24/h4-12,27H,13-14H2,1-3H3;4-12H,1-3H3,(H,25,26). The van der Waals surface area contributed by atoms with Gasteiger partial charge in [-0.3, -0.25) is 9.52 Å². The maximum Gasteiger partial charge on any atom is 0.271 e. The summed E-state index contributed by atoms with van der Waals surface area (Å²) in [4.78, 5) is 17.7. The molecule has 0 spiro atoms. The minimum absolute atomic E-state index is 0.0500. The minimum atomic E-state index is -3.94. The summed E-state index contributed by atoms with van der Waals surface area (Å²) in [7, 11) is -7.73. The smallest absolute Gasteiger partial charge is 0.271 e. The first-order chi connectivity index (χ1) is 28.7. The predicted molar refractivity (Wildman–Crippen MR) is 249 cm³/mol. The lowest BCUT2D eigenvalue weighted by Crippen LogP contribution is -2.16. The van der Waals surface area contributed by atoms with Gasteiger partial charge in [0.15, 0.2) is 0 Å². The van der Waals surface area contributed by atoms with Gasteiger partial charge in [0.25, 0.3) is 20.0 Å². The SMILES string of the molecule is Cc1ccc(S(=O)(=O)Nc2cc(C)c(C)cc2CC(=O)Cc2c(Cl)cccc2Cl)cc1.Cc1ccc(S(=O)(=O)n2c(Nc3c(Cl)cccc3Cl)nc3cc(C)c(C)cc32)cc1. The van der Waals surface area contributed by atoms with Crippen molar-refractivity contribution in [3.8, 4) is 0 Å². The van der Waals surface area contributed by atoms with Gasteiger partial charge in [-0.25, -0.2) is 25.8 Å². The van der Waals surface area contributed by atoms with Crippen molar-refractivity contribution >= 4 is 101 Å². The molecule has 0 radical (unpaired) electrons. The number of fused-ring (bicyclic) bond motifs is 1. The van der Waals surface area contributed by atoms with Crippen molar-refractivity contribution in [1.82, 2.24) is 8.96 Å². The van der Waals surface area contributed by atoms with Crippen molar-refractivity contribution in [3.63, 3.8) is 0 Å². The van der Waals surface area contributed by atoms with E-state index in [1.54, 1.807) is 91.0 Å². The summed E-state index contributed by atoms with van der Waals surface area (Å²) >= 11 is 25.0. The molecule has 0 saturated carbocycles. The van der Waals surface area contributed by atoms with Crippen LogP contribution in [0.4, 0.5) is 17.3 Å². The molecule has 0 aliphatic carbocycles. The maximum absolute atomic E-state index is 13.6. The van der Waals surface area contributed by atoms with Crippen molar-refractivity contribution in [2.24, 2.45) is 0 Å². The van der Waals surface area contributed by atoms with Crippen molar-refractivity contribution in [2.75, 3.05) is 10.0 Å². The second-order valence-electron chi connectivity index (χ2n) is 14.8. The molecule has 2 N–H and O–H groups in total. The van der Waals surface area contributed by atoms with Crippen LogP contribution < -0.4 is 10.0 Å². The Labute approximate surface area is 376 Å². The summed E-state index contributed by atoms with van der Waals surface area (Å²) in [6, 6.07) is 30.7. The van der Waals surface area contributed by atoms with Gasteiger partial charge < -0.3 is 5.32 Å². The Morgan fingerprint density at radius 3 is 1.67 bits per heavy atom. The Morgan fingerprint density at radius 2 is 1.10 bits per heavy atom. The van der Waals surface area contributed by atoms with Crippen LogP contribution in [-0.2, 0) is 37.7 Å². The van der Waals surface area contributed by atoms with Crippen LogP contribution in [0.1, 0.15) is 44.5 Å². The van der Waals surface area contributed by atoms with E-state index in [-0.39, 0.29) is 34.4 Å². The molecule has 0 aliphatic heterocycles. The fraction of sp³-hybridized carbons (Fsp3) is 0.174. The molecule has 6 aromatic carbocycles. The second-order valence-corrected chi connectivity index (χ2v) is 19.9. The van der Waals surface area contributed by atoms with Gasteiger partial charge in [0.05, 0.1) is 42.2 Å². The van der Waals surface area contributed by atoms with Crippen LogP contribution in [0.5, 0.6) is 0 Å². The number of Topliss-reactive ketones (excluding diaryl/α,β-unsaturated/α-hetero) is 1. The zero-order valence-electron chi connectivity index (χ0n) is 34.1. The van der Waals surface area contributed by atoms with Gasteiger partial charge in [0.1, 0.15) is 5.78 Å². The Kier molecular flexibility index (Phi) is 13.9. The maximum atomic E-state index is 13.6. The number of halogens is 4. The van der Waals surface area contributed by atoms with Gasteiger partial charge in [0.2, 0.25) is 5.95 Å². The fourth-order valence-electron chi connectivity index (χ4n) is 6.39. The number of anilines is 3. The number of imidazole rings is 1. The molecule has 0 aliphatic rings. The van der Waals surface area contributed by atoms with E-state index < -0.39 is 20.0 Å². The molecule has 7 rings (SSSR count). The summed E-state index contributed by atoms with van der Waals surface area (Å²) in [5, 5.41) is 4.62. The first kappa shape index (κ1) is 45.6. The number of nitrogens with zero attached hydrogens (tertiary/aromatic N) is 2. The van der Waals surface area contributed by atoms with Gasteiger partial charge in [-0.1, -0.05) is 100.0 Å². The summed E-state index contributed by atoms with van der Waals surface area (Å²) < 4.78 is 56.9. The molecule has 0 fully saturated rings. The Bertz CT molecular complexity index is 2990. The molecule has 316 valence electrons. The normalized spacial score (nSPS) is 11.6. The van der Waals surface area contributed by atoms with Crippen molar-refractivity contribution in [2.45, 2.75) is 64.2 Å². The monoisotopic (exact) mass is 934 g/mol. The number of sulfonamides is 1. The lowest BCUT2D eigenvalue weighted by molar-refractivity contribution is -0.117. The van der Waals surface area contributed by atoms with E-state index in [9.17, 15) is 21.6 Å². The first-order valence-corrected chi connectivity index (χ1v) is 23.4. The summed E-state index contributed by atoms with van der Waals surface area (Å²) in [5.74, 6) is -0.000359. The van der Waals surface area contributed by atoms with Gasteiger partial charge in [-0.2, -0.15) is 0 Å². The zero-order chi connectivity index (χ0) is 44.4. The zero-order valence-corrected chi connectivity index (χ0v) is 38.7. The topological polar surface area (TPSA) is 127 Å². The second kappa shape index (κ2) is 18.6. The molecular weight excluding hydrogens is 894 g/mol. The largest absolute Gasteiger partial charge is 0.322 e. The number of rotatable bonds is 11. The number of ketones is 1. The predicted octanol–water partition coefficient (Wildman–Crippen LogP) is 12.3. The summed E-state index contributed by atoms with van der Waals surface area (Å²) in [5.41, 5.74) is 8.80. The van der Waals surface area contributed by atoms with Crippen LogP contribution in [-0.4, -0.2) is 31.6 Å². The lowest BCUT2D eigenvalue weighted by Gasteiger charge is -2.15. The van der Waals surface area contributed by atoms with Crippen molar-refractivity contribution < 1.29 is 21.6 Å². The van der Waals surface area contributed by atoms with E-state index in [1.807, 2.05) is 59.7 Å². The number of hydrogen-bond donors (Lipinski definition) is 2. The molecule has 7 aromatic rings. The molecule has 1 heterocycles. The van der Waals surface area contributed by atoms with Crippen LogP contribution in [0, 0.1) is 41.5 Å². The third-order valence-corrected chi connectivity index (χ3v) is 14.5. The van der Waals surface area contributed by atoms with Crippen molar-refractivity contribution in [3.05, 3.63) is 174 Å². The van der Waals surface area contributed by atoms with E-state index in [0.29, 0.717) is 53.6 Å². The Morgan fingerprint density at radius 1 is 0.607 bits per heavy atom. The highest BCUT2D eigenvalue weighted by molar-refractivity contribution is 7.92. The third-order valence-electron chi connectivity index (χ3n) is 10.1. The molecule has 61 heavy (non-hydrogen) atoms. The van der Waals surface area contributed by atoms with Gasteiger partial charge >= 0.3 is 0 Å². The van der Waals surface area contributed by atoms with Crippen LogP contribution in [0.15, 0.2) is 119 Å². The number of aromatic nitrogens is 2. The molecule has 0 amide bonds. The third kappa shape index (κ3) is 10.4. The molecule has 0 bridgehead atoms. The highest BCUT2D eigenvalue weighted by Gasteiger charge is 2.26. The minimum Gasteiger partial charge on any atom is -0.322 e. The molecule has 0 saturated heterocycles. The van der Waals surface area contributed by atoms with Crippen LogP contribution in [0.25, 0.3) is 11.0 Å². The highest BCUT2D eigenvalue weighted by Crippen LogP contribution is 2.36. The number of carbonyl (C=O) groups excluding carboxylic acids is 1. The van der Waals surface area contributed by atoms with Crippen LogP contribution >= 0.6 is 46.4 Å². The summed E-state index contributed by atoms with van der Waals surface area (Å²) in [6.07, 6.45) is 0.115. The first-order valence-electron chi connectivity index (χ1n) is 18.9. The number of para-hydroxylation sites is 1. The molecule has 0 unspecified atom stereocenters. The number of hydrogen-bond acceptors (Lipinski definition) is 7. The molecule has 15 heteroatoms. The van der Waals surface area contributed by atoms with Gasteiger partial charge in [-0.05, 0) is 142 Å². The van der Waals surface area contributed by atoms with Gasteiger partial charge in [-0.15, -0.1) is 0 Å². The highest BCUT2D eigenvalue weighted by atomic mass is 35.5. The fourth-order valence-corrected chi connectivity index (χ4v) is 9.91. The number of benzene rings is 6. The van der Waals surface area contributed by atoms with Crippen molar-refractivity contribution in [1.29, 1.82) is 0 Å². The number of aryl methyl sites for hydroxylation is 6. The lowest BCUT2D eigenvalue weighted by atomic mass is 9.98. The van der Waals surface area contributed by atoms with Gasteiger partial charge in [0, 0.05) is 22.9 Å². The molecular formula is C46H42Cl4N4O5S2. The number of carbonyl (C=O) groups is 1. The molecule has 9 nitrogen and oxygen atoms in total. The number of nitrogens with one attached hydrogen (secondary N) is 2. The molecule has 0 atom stereocenters. The Balaban J connectivity index is 0.000000204. The average Bonchev–Trinajstić information content (AvgIpc) is 3.54. The van der Waals surface area contributed by atoms with E-state index in [0.717, 1.165) is 33.4 Å². The van der Waals surface area contributed by atoms with E-state index >= 15 is 0 Å². The van der Waals surface area contributed by atoms with Crippen LogP contribution in [0.2, 0.25) is 20.1 Å². The van der Waals surface area contributed by atoms with Crippen LogP contribution in [0.3, 0.4) is 0 Å². The quantitative estimate of drug-likeness (QED) is 0.132. The van der Waals surface area contributed by atoms with E-state index in [2.05, 4.69) is 15.0 Å². The molecule has 1 aromatic heterocycles. The van der Waals surface area contributed by atoms with E-state index in [4.69, 9.17) is 46.4 Å². The average molecular weight is 937 g/mol. The van der Waals surface area contributed by atoms with E-state index in [1.165, 1.54) is 3.97 Å². The Hall–Kier alpha value is -4.88. The summed E-state index contributed by atoms with van der Waals surface area (Å²) in [6.45, 7) is 11.5.